The predicted molar refractivity (Wildman–Crippen MR) is 109 cm³/mol. The highest BCUT2D eigenvalue weighted by Gasteiger charge is 2.25. The third-order valence-corrected chi connectivity index (χ3v) is 5.21. The molecule has 29 heavy (non-hydrogen) atoms. The van der Waals surface area contributed by atoms with Crippen LogP contribution in [0.2, 0.25) is 10.0 Å². The summed E-state index contributed by atoms with van der Waals surface area (Å²) >= 11 is 11.9. The molecule has 0 aliphatic heterocycles. The highest BCUT2D eigenvalue weighted by atomic mass is 35.5. The number of halogens is 3. The Morgan fingerprint density at radius 3 is 2.48 bits per heavy atom. The van der Waals surface area contributed by atoms with Gasteiger partial charge in [0.1, 0.15) is 0 Å². The number of esters is 1. The number of aromatic nitrogens is 1. The maximum Gasteiger partial charge on any atom is 0.310 e. The van der Waals surface area contributed by atoms with E-state index in [0.717, 1.165) is 6.07 Å². The molecule has 0 fully saturated rings. The van der Waals surface area contributed by atoms with Gasteiger partial charge in [-0.25, -0.2) is 4.39 Å². The fourth-order valence-corrected chi connectivity index (χ4v) is 3.51. The standard InChI is InChI=1S/C21H18Cl2FNO4/c1-10(2)29-18(27)9-13-11(3)25(16-6-7-17(26)20(24)19(13)16)21(28)12-4-5-14(22)15(23)8-12/h4-8,10,26H,9H2,1-3H3. The van der Waals surface area contributed by atoms with Crippen LogP contribution >= 0.6 is 23.2 Å². The Balaban J connectivity index is 2.21. The molecule has 3 rings (SSSR count). The number of aromatic hydroxyl groups is 1. The molecule has 1 aromatic heterocycles. The minimum absolute atomic E-state index is 0.00313. The minimum atomic E-state index is -0.904. The van der Waals surface area contributed by atoms with Crippen LogP contribution in [0.3, 0.4) is 0 Å². The van der Waals surface area contributed by atoms with Crippen LogP contribution in [-0.4, -0.2) is 27.7 Å². The van der Waals surface area contributed by atoms with Crippen molar-refractivity contribution < 1.29 is 23.8 Å². The van der Waals surface area contributed by atoms with Gasteiger partial charge in [-0.3, -0.25) is 14.2 Å². The van der Waals surface area contributed by atoms with E-state index in [9.17, 15) is 19.1 Å². The molecule has 1 N–H and O–H groups in total. The number of ether oxygens (including phenoxy) is 1. The number of rotatable bonds is 4. The zero-order valence-corrected chi connectivity index (χ0v) is 17.4. The van der Waals surface area contributed by atoms with Crippen molar-refractivity contribution in [2.75, 3.05) is 0 Å². The van der Waals surface area contributed by atoms with Gasteiger partial charge in [-0.2, -0.15) is 0 Å². The summed E-state index contributed by atoms with van der Waals surface area (Å²) < 4.78 is 21.2. The lowest BCUT2D eigenvalue weighted by Gasteiger charge is -2.09. The van der Waals surface area contributed by atoms with Gasteiger partial charge in [-0.15, -0.1) is 0 Å². The molecule has 0 atom stereocenters. The van der Waals surface area contributed by atoms with E-state index in [0.29, 0.717) is 10.7 Å². The van der Waals surface area contributed by atoms with Crippen LogP contribution < -0.4 is 0 Å². The Bertz CT molecular complexity index is 1140. The first-order chi connectivity index (χ1) is 13.6. The Morgan fingerprint density at radius 2 is 1.86 bits per heavy atom. The maximum absolute atomic E-state index is 14.8. The van der Waals surface area contributed by atoms with E-state index in [4.69, 9.17) is 27.9 Å². The van der Waals surface area contributed by atoms with Crippen LogP contribution in [0.5, 0.6) is 5.75 Å². The van der Waals surface area contributed by atoms with Crippen molar-refractivity contribution in [3.63, 3.8) is 0 Å². The number of phenolic OH excluding ortho intramolecular Hbond substituents is 1. The molecule has 3 aromatic rings. The summed E-state index contributed by atoms with van der Waals surface area (Å²) in [5.41, 5.74) is 1.10. The molecular weight excluding hydrogens is 420 g/mol. The molecule has 152 valence electrons. The topological polar surface area (TPSA) is 68.5 Å². The number of carbonyl (C=O) groups is 2. The van der Waals surface area contributed by atoms with E-state index in [1.807, 2.05) is 0 Å². The second-order valence-corrected chi connectivity index (χ2v) is 7.66. The van der Waals surface area contributed by atoms with Crippen molar-refractivity contribution in [3.8, 4) is 5.75 Å². The maximum atomic E-state index is 14.8. The van der Waals surface area contributed by atoms with Crippen LogP contribution in [0.1, 0.15) is 35.5 Å². The summed E-state index contributed by atoms with van der Waals surface area (Å²) in [6, 6.07) is 7.00. The number of hydrogen-bond acceptors (Lipinski definition) is 4. The molecule has 0 aliphatic carbocycles. The molecule has 1 heterocycles. The highest BCUT2D eigenvalue weighted by molar-refractivity contribution is 6.42. The average molecular weight is 438 g/mol. The first-order valence-corrected chi connectivity index (χ1v) is 9.58. The molecule has 2 aromatic carbocycles. The van der Waals surface area contributed by atoms with Crippen molar-refractivity contribution in [2.24, 2.45) is 0 Å². The van der Waals surface area contributed by atoms with E-state index in [2.05, 4.69) is 0 Å². The first-order valence-electron chi connectivity index (χ1n) is 8.82. The summed E-state index contributed by atoms with van der Waals surface area (Å²) in [6.45, 7) is 5.01. The fraction of sp³-hybridized carbons (Fsp3) is 0.238. The average Bonchev–Trinajstić information content (AvgIpc) is 2.91. The third-order valence-electron chi connectivity index (χ3n) is 4.47. The van der Waals surface area contributed by atoms with Crippen molar-refractivity contribution in [3.05, 3.63) is 63.0 Å². The Labute approximate surface area is 176 Å². The molecule has 0 aliphatic rings. The largest absolute Gasteiger partial charge is 0.505 e. The number of fused-ring (bicyclic) bond motifs is 1. The third kappa shape index (κ3) is 3.95. The van der Waals surface area contributed by atoms with Crippen LogP contribution in [-0.2, 0) is 16.0 Å². The van der Waals surface area contributed by atoms with E-state index in [-0.39, 0.29) is 39.6 Å². The Hall–Kier alpha value is -2.57. The number of nitrogens with zero attached hydrogens (tertiary/aromatic N) is 1. The summed E-state index contributed by atoms with van der Waals surface area (Å²) in [7, 11) is 0. The SMILES string of the molecule is Cc1c(CC(=O)OC(C)C)c2c(F)c(O)ccc2n1C(=O)c1ccc(Cl)c(Cl)c1. The number of carbonyl (C=O) groups excluding carboxylic acids is 2. The summed E-state index contributed by atoms with van der Waals surface area (Å²) in [5.74, 6) is -2.51. The van der Waals surface area contributed by atoms with E-state index in [1.54, 1.807) is 20.8 Å². The quantitative estimate of drug-likeness (QED) is 0.563. The second kappa shape index (κ2) is 8.05. The molecule has 0 saturated heterocycles. The van der Waals surface area contributed by atoms with Gasteiger partial charge in [0.2, 0.25) is 0 Å². The zero-order valence-electron chi connectivity index (χ0n) is 15.9. The van der Waals surface area contributed by atoms with Crippen molar-refractivity contribution in [2.45, 2.75) is 33.3 Å². The van der Waals surface area contributed by atoms with Gasteiger partial charge in [0.25, 0.3) is 5.91 Å². The van der Waals surface area contributed by atoms with Gasteiger partial charge in [-0.05, 0) is 56.7 Å². The van der Waals surface area contributed by atoms with E-state index in [1.165, 1.54) is 28.8 Å². The molecule has 8 heteroatoms. The number of hydrogen-bond donors (Lipinski definition) is 1. The molecule has 0 amide bonds. The number of phenols is 1. The molecular formula is C21H18Cl2FNO4. The monoisotopic (exact) mass is 437 g/mol. The molecule has 0 bridgehead atoms. The van der Waals surface area contributed by atoms with Crippen LogP contribution in [0, 0.1) is 12.7 Å². The van der Waals surface area contributed by atoms with E-state index >= 15 is 0 Å². The van der Waals surface area contributed by atoms with Crippen molar-refractivity contribution >= 4 is 46.0 Å². The highest BCUT2D eigenvalue weighted by Crippen LogP contribution is 2.34. The van der Waals surface area contributed by atoms with Crippen LogP contribution in [0.15, 0.2) is 30.3 Å². The molecule has 0 radical (unpaired) electrons. The second-order valence-electron chi connectivity index (χ2n) is 6.84. The Morgan fingerprint density at radius 1 is 1.17 bits per heavy atom. The van der Waals surface area contributed by atoms with Crippen molar-refractivity contribution in [1.82, 2.24) is 4.57 Å². The summed E-state index contributed by atoms with van der Waals surface area (Å²) in [6.07, 6.45) is -0.588. The molecule has 0 spiro atoms. The summed E-state index contributed by atoms with van der Waals surface area (Å²) in [4.78, 5) is 25.4. The minimum Gasteiger partial charge on any atom is -0.505 e. The van der Waals surface area contributed by atoms with Gasteiger partial charge >= 0.3 is 5.97 Å². The van der Waals surface area contributed by atoms with Gasteiger partial charge in [-0.1, -0.05) is 23.2 Å². The molecule has 0 saturated carbocycles. The predicted octanol–water partition coefficient (Wildman–Crippen LogP) is 5.28. The van der Waals surface area contributed by atoms with Crippen LogP contribution in [0.4, 0.5) is 4.39 Å². The first kappa shape index (κ1) is 21.1. The number of benzene rings is 2. The fourth-order valence-electron chi connectivity index (χ4n) is 3.21. The lowest BCUT2D eigenvalue weighted by molar-refractivity contribution is -0.146. The lowest BCUT2D eigenvalue weighted by atomic mass is 10.1. The Kier molecular flexibility index (Phi) is 5.87. The summed E-state index contributed by atoms with van der Waals surface area (Å²) in [5, 5.41) is 10.3. The molecule has 0 unspecified atom stereocenters. The van der Waals surface area contributed by atoms with Crippen LogP contribution in [0.25, 0.3) is 10.9 Å². The van der Waals surface area contributed by atoms with Gasteiger partial charge in [0, 0.05) is 16.6 Å². The zero-order chi connectivity index (χ0) is 21.5. The van der Waals surface area contributed by atoms with Gasteiger partial charge < -0.3 is 9.84 Å². The lowest BCUT2D eigenvalue weighted by Crippen LogP contribution is -2.16. The van der Waals surface area contributed by atoms with E-state index < -0.39 is 23.4 Å². The van der Waals surface area contributed by atoms with Gasteiger partial charge in [0.05, 0.1) is 28.1 Å². The van der Waals surface area contributed by atoms with Gasteiger partial charge in [0.15, 0.2) is 11.6 Å². The molecule has 5 nitrogen and oxygen atoms in total. The van der Waals surface area contributed by atoms with Crippen molar-refractivity contribution in [1.29, 1.82) is 0 Å². The smallest absolute Gasteiger partial charge is 0.310 e. The normalized spacial score (nSPS) is 11.3.